The zero-order valence-electron chi connectivity index (χ0n) is 5.89. The summed E-state index contributed by atoms with van der Waals surface area (Å²) in [5.41, 5.74) is 6.41. The molecule has 0 aliphatic carbocycles. The summed E-state index contributed by atoms with van der Waals surface area (Å²) in [6.07, 6.45) is 0. The van der Waals surface area contributed by atoms with Crippen molar-refractivity contribution in [3.05, 3.63) is 15.0 Å². The zero-order chi connectivity index (χ0) is 7.78. The number of nitrogens with zero attached hydrogens (tertiary/aromatic N) is 1. The third-order valence-electron chi connectivity index (χ3n) is 1.14. The lowest BCUT2D eigenvalue weighted by atomic mass is 10.0. The van der Waals surface area contributed by atoms with E-state index < -0.39 is 0 Å². The van der Waals surface area contributed by atoms with Crippen LogP contribution in [0.3, 0.4) is 0 Å². The summed E-state index contributed by atoms with van der Waals surface area (Å²) in [5.74, 6) is 0. The largest absolute Gasteiger partial charge is 0.321 e. The fourth-order valence-electron chi connectivity index (χ4n) is 0.548. The molecule has 0 saturated heterocycles. The van der Waals surface area contributed by atoms with Gasteiger partial charge in [0.25, 0.3) is 0 Å². The predicted octanol–water partition coefficient (Wildman–Crippen LogP) is 2.10. The second-order valence-corrected chi connectivity index (χ2v) is 4.84. The number of hydrogen-bond acceptors (Lipinski definition) is 3. The quantitative estimate of drug-likeness (QED) is 0.788. The van der Waals surface area contributed by atoms with Crippen LogP contribution in [0.15, 0.2) is 9.30 Å². The second kappa shape index (κ2) is 2.60. The first-order chi connectivity index (χ1) is 4.50. The second-order valence-electron chi connectivity index (χ2n) is 2.71. The molecule has 0 aliphatic rings. The van der Waals surface area contributed by atoms with Gasteiger partial charge in [0, 0.05) is 5.38 Å². The fraction of sp³-hybridized carbons (Fsp3) is 0.500. The van der Waals surface area contributed by atoms with E-state index in [0.29, 0.717) is 0 Å². The number of hydrogen-bond donors (Lipinski definition) is 1. The van der Waals surface area contributed by atoms with E-state index in [1.54, 1.807) is 11.3 Å². The Morgan fingerprint density at radius 2 is 2.30 bits per heavy atom. The highest BCUT2D eigenvalue weighted by molar-refractivity contribution is 9.11. The highest BCUT2D eigenvalue weighted by atomic mass is 79.9. The molecule has 0 aliphatic heterocycles. The molecule has 0 spiro atoms. The Bertz CT molecular complexity index is 226. The molecule has 0 bridgehead atoms. The molecule has 1 heterocycles. The Kier molecular flexibility index (Phi) is 2.12. The Morgan fingerprint density at radius 3 is 2.50 bits per heavy atom. The van der Waals surface area contributed by atoms with E-state index in [2.05, 4.69) is 20.9 Å². The van der Waals surface area contributed by atoms with Crippen LogP contribution in [-0.4, -0.2) is 4.98 Å². The van der Waals surface area contributed by atoms with Crippen LogP contribution in [0.4, 0.5) is 0 Å². The van der Waals surface area contributed by atoms with Crippen molar-refractivity contribution in [2.45, 2.75) is 19.4 Å². The van der Waals surface area contributed by atoms with Crippen molar-refractivity contribution in [1.82, 2.24) is 4.98 Å². The summed E-state index contributed by atoms with van der Waals surface area (Å²) in [6, 6.07) is 0. The molecule has 56 valence electrons. The number of halogens is 1. The van der Waals surface area contributed by atoms with Crippen molar-refractivity contribution in [2.24, 2.45) is 5.73 Å². The fourth-order valence-corrected chi connectivity index (χ4v) is 1.74. The van der Waals surface area contributed by atoms with Crippen molar-refractivity contribution in [2.75, 3.05) is 0 Å². The van der Waals surface area contributed by atoms with Crippen molar-refractivity contribution >= 4 is 27.3 Å². The van der Waals surface area contributed by atoms with E-state index in [0.717, 1.165) is 9.61 Å². The first-order valence-electron chi connectivity index (χ1n) is 2.90. The highest BCUT2D eigenvalue weighted by Gasteiger charge is 2.16. The summed E-state index contributed by atoms with van der Waals surface area (Å²) in [4.78, 5) is 4.19. The maximum absolute atomic E-state index is 5.79. The Morgan fingerprint density at radius 1 is 1.70 bits per heavy atom. The van der Waals surface area contributed by atoms with E-state index in [9.17, 15) is 0 Å². The molecule has 0 radical (unpaired) electrons. The molecular weight excluding hydrogens is 212 g/mol. The number of thiazole rings is 1. The molecule has 0 fully saturated rings. The van der Waals surface area contributed by atoms with Crippen LogP contribution in [-0.2, 0) is 5.54 Å². The van der Waals surface area contributed by atoms with E-state index in [1.807, 2.05) is 19.2 Å². The van der Waals surface area contributed by atoms with Crippen LogP contribution in [0.2, 0.25) is 0 Å². The molecule has 0 unspecified atom stereocenters. The topological polar surface area (TPSA) is 38.9 Å². The van der Waals surface area contributed by atoms with Gasteiger partial charge in [-0.3, -0.25) is 0 Å². The summed E-state index contributed by atoms with van der Waals surface area (Å²) < 4.78 is 0.890. The van der Waals surface area contributed by atoms with Gasteiger partial charge in [-0.1, -0.05) is 0 Å². The molecule has 0 amide bonds. The monoisotopic (exact) mass is 220 g/mol. The lowest BCUT2D eigenvalue weighted by Gasteiger charge is -2.14. The minimum absolute atomic E-state index is 0.317. The van der Waals surface area contributed by atoms with Gasteiger partial charge in [-0.25, -0.2) is 4.98 Å². The van der Waals surface area contributed by atoms with Gasteiger partial charge in [-0.15, -0.1) is 11.3 Å². The van der Waals surface area contributed by atoms with Gasteiger partial charge in [0.1, 0.15) is 0 Å². The van der Waals surface area contributed by atoms with Crippen LogP contribution in [0.5, 0.6) is 0 Å². The van der Waals surface area contributed by atoms with Crippen LogP contribution in [0.1, 0.15) is 19.5 Å². The molecule has 2 nitrogen and oxygen atoms in total. The predicted molar refractivity (Wildman–Crippen MR) is 47.0 cm³/mol. The van der Waals surface area contributed by atoms with Crippen molar-refractivity contribution in [1.29, 1.82) is 0 Å². The molecule has 1 aromatic heterocycles. The number of rotatable bonds is 1. The normalized spacial score (nSPS) is 12.0. The highest BCUT2D eigenvalue weighted by Crippen LogP contribution is 2.22. The first kappa shape index (κ1) is 8.17. The van der Waals surface area contributed by atoms with Gasteiger partial charge in [0.15, 0.2) is 3.92 Å². The zero-order valence-corrected chi connectivity index (χ0v) is 8.29. The summed E-state index contributed by atoms with van der Waals surface area (Å²) >= 11 is 4.83. The number of aromatic nitrogens is 1. The molecule has 4 heteroatoms. The van der Waals surface area contributed by atoms with Crippen molar-refractivity contribution < 1.29 is 0 Å². The standard InChI is InChI=1S/C6H9BrN2S/c1-6(2,8)4-3-10-5(7)9-4/h3H,8H2,1-2H3. The summed E-state index contributed by atoms with van der Waals surface area (Å²) in [6.45, 7) is 3.88. The minimum atomic E-state index is -0.317. The number of nitrogens with two attached hydrogens (primary N) is 1. The molecule has 1 aromatic rings. The van der Waals surface area contributed by atoms with E-state index in [4.69, 9.17) is 5.73 Å². The van der Waals surface area contributed by atoms with Gasteiger partial charge >= 0.3 is 0 Å². The molecule has 1 rings (SSSR count). The van der Waals surface area contributed by atoms with Gasteiger partial charge in [0.05, 0.1) is 11.2 Å². The van der Waals surface area contributed by atoms with Gasteiger partial charge < -0.3 is 5.73 Å². The summed E-state index contributed by atoms with van der Waals surface area (Å²) in [5, 5.41) is 1.96. The lowest BCUT2D eigenvalue weighted by molar-refractivity contribution is 0.538. The summed E-state index contributed by atoms with van der Waals surface area (Å²) in [7, 11) is 0. The van der Waals surface area contributed by atoms with Gasteiger partial charge in [0.2, 0.25) is 0 Å². The maximum Gasteiger partial charge on any atom is 0.159 e. The van der Waals surface area contributed by atoms with E-state index in [1.165, 1.54) is 0 Å². The lowest BCUT2D eigenvalue weighted by Crippen LogP contribution is -2.28. The Labute approximate surface area is 72.6 Å². The SMILES string of the molecule is CC(C)(N)c1csc(Br)n1. The molecule has 10 heavy (non-hydrogen) atoms. The maximum atomic E-state index is 5.79. The molecule has 0 atom stereocenters. The smallest absolute Gasteiger partial charge is 0.159 e. The molecular formula is C6H9BrN2S. The van der Waals surface area contributed by atoms with Crippen LogP contribution in [0, 0.1) is 0 Å². The van der Waals surface area contributed by atoms with Crippen LogP contribution in [0.25, 0.3) is 0 Å². The van der Waals surface area contributed by atoms with E-state index in [-0.39, 0.29) is 5.54 Å². The Hall–Kier alpha value is 0.0700. The van der Waals surface area contributed by atoms with Gasteiger partial charge in [-0.2, -0.15) is 0 Å². The molecule has 0 saturated carbocycles. The van der Waals surface area contributed by atoms with Crippen molar-refractivity contribution in [3.63, 3.8) is 0 Å². The average Bonchev–Trinajstić information content (AvgIpc) is 2.11. The third kappa shape index (κ3) is 1.78. The molecule has 2 N–H and O–H groups in total. The van der Waals surface area contributed by atoms with Crippen molar-refractivity contribution in [3.8, 4) is 0 Å². The Balaban J connectivity index is 2.96. The van der Waals surface area contributed by atoms with Gasteiger partial charge in [-0.05, 0) is 29.8 Å². The average molecular weight is 221 g/mol. The first-order valence-corrected chi connectivity index (χ1v) is 4.58. The van der Waals surface area contributed by atoms with E-state index >= 15 is 0 Å². The third-order valence-corrected chi connectivity index (χ3v) is 2.50. The van der Waals surface area contributed by atoms with Crippen LogP contribution < -0.4 is 5.73 Å². The van der Waals surface area contributed by atoms with Crippen LogP contribution >= 0.6 is 27.3 Å². The molecule has 0 aromatic carbocycles. The minimum Gasteiger partial charge on any atom is -0.321 e.